The quantitative estimate of drug-likeness (QED) is 0.665. The van der Waals surface area contributed by atoms with Gasteiger partial charge in [-0.15, -0.1) is 0 Å². The summed E-state index contributed by atoms with van der Waals surface area (Å²) in [6.07, 6.45) is -0.835. The van der Waals surface area contributed by atoms with E-state index in [1.807, 2.05) is 6.92 Å². The molecule has 6 heteroatoms. The summed E-state index contributed by atoms with van der Waals surface area (Å²) >= 11 is 5.83. The highest BCUT2D eigenvalue weighted by molar-refractivity contribution is 6.30. The van der Waals surface area contributed by atoms with Gasteiger partial charge < -0.3 is 14.2 Å². The van der Waals surface area contributed by atoms with Crippen LogP contribution in [0.2, 0.25) is 5.02 Å². The second-order valence-electron chi connectivity index (χ2n) is 7.11. The number of hydrogen-bond acceptors (Lipinski definition) is 5. The summed E-state index contributed by atoms with van der Waals surface area (Å²) < 4.78 is 16.4. The van der Waals surface area contributed by atoms with Crippen molar-refractivity contribution < 1.29 is 23.8 Å². The maximum absolute atomic E-state index is 12.2. The molecule has 0 radical (unpaired) electrons. The zero-order valence-electron chi connectivity index (χ0n) is 15.7. The molecule has 0 N–H and O–H groups in total. The molecule has 1 aromatic rings. The Bertz CT molecular complexity index is 576. The number of benzene rings is 1. The first-order valence-corrected chi connectivity index (χ1v) is 8.70. The molecule has 0 heterocycles. The van der Waals surface area contributed by atoms with Crippen LogP contribution in [0.4, 0.5) is 0 Å². The minimum absolute atomic E-state index is 0.0186. The summed E-state index contributed by atoms with van der Waals surface area (Å²) in [4.78, 5) is 23.9. The summed E-state index contributed by atoms with van der Waals surface area (Å²) in [6, 6.07) is 6.95. The van der Waals surface area contributed by atoms with E-state index in [1.165, 1.54) is 0 Å². The van der Waals surface area contributed by atoms with Crippen LogP contribution in [0.15, 0.2) is 24.3 Å². The van der Waals surface area contributed by atoms with Gasteiger partial charge in [0.25, 0.3) is 0 Å². The van der Waals surface area contributed by atoms with E-state index in [2.05, 4.69) is 0 Å². The molecule has 3 atom stereocenters. The molecule has 0 saturated heterocycles. The van der Waals surface area contributed by atoms with Gasteiger partial charge in [-0.05, 0) is 58.9 Å². The number of ether oxygens (including phenoxy) is 3. The van der Waals surface area contributed by atoms with Gasteiger partial charge in [-0.2, -0.15) is 0 Å². The van der Waals surface area contributed by atoms with E-state index >= 15 is 0 Å². The summed E-state index contributed by atoms with van der Waals surface area (Å²) in [5.41, 5.74) is -0.574. The molecule has 140 valence electrons. The Morgan fingerprint density at radius 3 is 2.12 bits per heavy atom. The maximum atomic E-state index is 12.2. The lowest BCUT2D eigenvalue weighted by molar-refractivity contribution is -0.164. The van der Waals surface area contributed by atoms with Crippen molar-refractivity contribution in [1.29, 1.82) is 0 Å². The van der Waals surface area contributed by atoms with E-state index in [0.717, 1.165) is 0 Å². The van der Waals surface area contributed by atoms with Gasteiger partial charge in [0.05, 0.1) is 12.3 Å². The van der Waals surface area contributed by atoms with Crippen LogP contribution in [0, 0.1) is 5.92 Å². The Morgan fingerprint density at radius 1 is 1.04 bits per heavy atom. The predicted molar refractivity (Wildman–Crippen MR) is 96.7 cm³/mol. The number of rotatable bonds is 7. The zero-order chi connectivity index (χ0) is 19.2. The Morgan fingerprint density at radius 2 is 1.60 bits per heavy atom. The molecule has 0 saturated carbocycles. The molecule has 0 fully saturated rings. The van der Waals surface area contributed by atoms with E-state index < -0.39 is 29.6 Å². The molecule has 0 aliphatic heterocycles. The smallest absolute Gasteiger partial charge is 0.309 e. The second kappa shape index (κ2) is 9.09. The number of esters is 2. The lowest BCUT2D eigenvalue weighted by atomic mass is 10.1. The fraction of sp³-hybridized carbons (Fsp3) is 0.579. The average Bonchev–Trinajstić information content (AvgIpc) is 2.47. The Labute approximate surface area is 154 Å². The van der Waals surface area contributed by atoms with Crippen molar-refractivity contribution >= 4 is 23.5 Å². The van der Waals surface area contributed by atoms with Crippen molar-refractivity contribution in [3.05, 3.63) is 29.3 Å². The largest absolute Gasteiger partial charge is 0.487 e. The molecule has 0 amide bonds. The molecule has 0 aliphatic rings. The minimum atomic E-state index is -0.583. The fourth-order valence-electron chi connectivity index (χ4n) is 1.94. The van der Waals surface area contributed by atoms with Crippen LogP contribution in [-0.4, -0.2) is 29.7 Å². The molecule has 1 rings (SSSR count). The number of hydrogen-bond donors (Lipinski definition) is 0. The standard InChI is InChI=1S/C19H27ClO5/c1-12(11-17(21)25-19(4,5)6)18(22)24-14(3)13(2)23-16-9-7-15(20)8-10-16/h7-10,12-14H,11H2,1-6H3/t12-,13-,14+/m1/s1. The SMILES string of the molecule is C[C@H](CC(=O)OC(C)(C)C)C(=O)O[C@@H](C)[C@@H](C)Oc1ccc(Cl)cc1. The average molecular weight is 371 g/mol. The molecule has 1 aromatic carbocycles. The van der Waals surface area contributed by atoms with E-state index in [1.54, 1.807) is 58.9 Å². The molecular formula is C19H27ClO5. The first kappa shape index (κ1) is 21.3. The van der Waals surface area contributed by atoms with Crippen LogP contribution in [0.25, 0.3) is 0 Å². The van der Waals surface area contributed by atoms with Crippen molar-refractivity contribution in [2.45, 2.75) is 65.8 Å². The first-order valence-electron chi connectivity index (χ1n) is 8.32. The van der Waals surface area contributed by atoms with Gasteiger partial charge in [0.15, 0.2) is 0 Å². The van der Waals surface area contributed by atoms with Gasteiger partial charge in [-0.1, -0.05) is 18.5 Å². The van der Waals surface area contributed by atoms with Crippen LogP contribution in [0.1, 0.15) is 48.0 Å². The second-order valence-corrected chi connectivity index (χ2v) is 7.55. The third-order valence-corrected chi connectivity index (χ3v) is 3.65. The van der Waals surface area contributed by atoms with Crippen molar-refractivity contribution in [1.82, 2.24) is 0 Å². The highest BCUT2D eigenvalue weighted by atomic mass is 35.5. The zero-order valence-corrected chi connectivity index (χ0v) is 16.4. The van der Waals surface area contributed by atoms with Crippen LogP contribution in [0.3, 0.4) is 0 Å². The summed E-state index contributed by atoms with van der Waals surface area (Å²) in [6.45, 7) is 10.6. The Kier molecular flexibility index (Phi) is 7.74. The summed E-state index contributed by atoms with van der Waals surface area (Å²) in [5.74, 6) is -0.818. The van der Waals surface area contributed by atoms with E-state index in [-0.39, 0.29) is 12.5 Å². The van der Waals surface area contributed by atoms with Crippen LogP contribution < -0.4 is 4.74 Å². The van der Waals surface area contributed by atoms with Crippen molar-refractivity contribution in [2.75, 3.05) is 0 Å². The van der Waals surface area contributed by atoms with Gasteiger partial charge in [0.1, 0.15) is 23.6 Å². The van der Waals surface area contributed by atoms with Gasteiger partial charge in [0, 0.05) is 5.02 Å². The van der Waals surface area contributed by atoms with Crippen LogP contribution >= 0.6 is 11.6 Å². The lowest BCUT2D eigenvalue weighted by Gasteiger charge is -2.24. The highest BCUT2D eigenvalue weighted by Crippen LogP contribution is 2.19. The fourth-order valence-corrected chi connectivity index (χ4v) is 2.06. The molecule has 0 aromatic heterocycles. The maximum Gasteiger partial charge on any atom is 0.309 e. The number of carbonyl (C=O) groups is 2. The molecule has 0 bridgehead atoms. The third kappa shape index (κ3) is 8.25. The number of halogens is 1. The highest BCUT2D eigenvalue weighted by Gasteiger charge is 2.26. The molecule has 0 spiro atoms. The molecule has 5 nitrogen and oxygen atoms in total. The number of carbonyl (C=O) groups excluding carboxylic acids is 2. The van der Waals surface area contributed by atoms with Crippen molar-refractivity contribution in [3.8, 4) is 5.75 Å². The van der Waals surface area contributed by atoms with Gasteiger partial charge in [-0.3, -0.25) is 9.59 Å². The van der Waals surface area contributed by atoms with Gasteiger partial charge in [-0.25, -0.2) is 0 Å². The monoisotopic (exact) mass is 370 g/mol. The summed E-state index contributed by atoms with van der Waals surface area (Å²) in [5, 5.41) is 0.621. The Hall–Kier alpha value is -1.75. The first-order chi connectivity index (χ1) is 11.5. The molecule has 0 aliphatic carbocycles. The van der Waals surface area contributed by atoms with E-state index in [0.29, 0.717) is 10.8 Å². The topological polar surface area (TPSA) is 61.8 Å². The van der Waals surface area contributed by atoms with Crippen LogP contribution in [0.5, 0.6) is 5.75 Å². The van der Waals surface area contributed by atoms with Crippen molar-refractivity contribution in [3.63, 3.8) is 0 Å². The van der Waals surface area contributed by atoms with Crippen molar-refractivity contribution in [2.24, 2.45) is 5.92 Å². The van der Waals surface area contributed by atoms with E-state index in [9.17, 15) is 9.59 Å². The summed E-state index contributed by atoms with van der Waals surface area (Å²) in [7, 11) is 0. The third-order valence-electron chi connectivity index (χ3n) is 3.39. The van der Waals surface area contributed by atoms with Gasteiger partial charge >= 0.3 is 11.9 Å². The molecule has 25 heavy (non-hydrogen) atoms. The normalized spacial score (nSPS) is 15.0. The Balaban J connectivity index is 2.48. The van der Waals surface area contributed by atoms with Gasteiger partial charge in [0.2, 0.25) is 0 Å². The predicted octanol–water partition coefficient (Wildman–Crippen LogP) is 4.41. The van der Waals surface area contributed by atoms with Crippen LogP contribution in [-0.2, 0) is 19.1 Å². The molecule has 0 unspecified atom stereocenters. The minimum Gasteiger partial charge on any atom is -0.487 e. The van der Waals surface area contributed by atoms with E-state index in [4.69, 9.17) is 25.8 Å². The molecular weight excluding hydrogens is 344 g/mol. The lowest BCUT2D eigenvalue weighted by Crippen LogP contribution is -2.33.